The van der Waals surface area contributed by atoms with Gasteiger partial charge in [-0.05, 0) is 48.7 Å². The number of rotatable bonds is 2. The molecule has 1 atom stereocenters. The van der Waals surface area contributed by atoms with Crippen molar-refractivity contribution >= 4 is 22.6 Å². The Kier molecular flexibility index (Phi) is 3.28. The molecule has 102 valence electrons. The van der Waals surface area contributed by atoms with E-state index in [1.807, 2.05) is 50.2 Å². The third-order valence-corrected chi connectivity index (χ3v) is 3.79. The van der Waals surface area contributed by atoms with Gasteiger partial charge in [0.25, 0.3) is 0 Å². The van der Waals surface area contributed by atoms with Crippen LogP contribution in [-0.4, -0.2) is 5.11 Å². The molecule has 0 radical (unpaired) electrons. The molecule has 2 aromatic carbocycles. The summed E-state index contributed by atoms with van der Waals surface area (Å²) >= 11 is 5.95. The summed E-state index contributed by atoms with van der Waals surface area (Å²) in [6.45, 7) is 3.92. The minimum absolute atomic E-state index is 0.555. The van der Waals surface area contributed by atoms with Crippen molar-refractivity contribution in [2.45, 2.75) is 20.0 Å². The van der Waals surface area contributed by atoms with Gasteiger partial charge < -0.3 is 9.52 Å². The summed E-state index contributed by atoms with van der Waals surface area (Å²) in [6, 6.07) is 13.3. The van der Waals surface area contributed by atoms with Gasteiger partial charge in [-0.2, -0.15) is 0 Å². The Balaban J connectivity index is 2.08. The Labute approximate surface area is 122 Å². The molecule has 1 N–H and O–H groups in total. The lowest BCUT2D eigenvalue weighted by Crippen LogP contribution is -2.00. The summed E-state index contributed by atoms with van der Waals surface area (Å²) in [5.74, 6) is 0.555. The van der Waals surface area contributed by atoms with Gasteiger partial charge in [0.2, 0.25) is 0 Å². The molecule has 0 fully saturated rings. The second-order valence-electron chi connectivity index (χ2n) is 5.05. The van der Waals surface area contributed by atoms with Crippen molar-refractivity contribution in [2.24, 2.45) is 0 Å². The number of aryl methyl sites for hydroxylation is 2. The van der Waals surface area contributed by atoms with E-state index >= 15 is 0 Å². The number of para-hydroxylation sites is 1. The average Bonchev–Trinajstić information content (AvgIpc) is 2.83. The summed E-state index contributed by atoms with van der Waals surface area (Å²) in [4.78, 5) is 0. The second-order valence-corrected chi connectivity index (χ2v) is 5.48. The minimum Gasteiger partial charge on any atom is -0.458 e. The summed E-state index contributed by atoms with van der Waals surface area (Å²) in [6.07, 6.45) is -0.779. The SMILES string of the molecule is Cc1cc(Cl)ccc1C(O)c1cc2cccc(C)c2o1. The standard InChI is InChI=1S/C17H15ClO2/c1-10-4-3-5-12-9-15(20-17(10)12)16(19)14-7-6-13(18)8-11(14)2/h3-9,16,19H,1-2H3. The number of hydrogen-bond acceptors (Lipinski definition) is 2. The Hall–Kier alpha value is -1.77. The summed E-state index contributed by atoms with van der Waals surface area (Å²) in [5.41, 5.74) is 3.65. The van der Waals surface area contributed by atoms with Crippen LogP contribution in [0.4, 0.5) is 0 Å². The zero-order chi connectivity index (χ0) is 14.3. The van der Waals surface area contributed by atoms with Gasteiger partial charge in [0.05, 0.1) is 0 Å². The second kappa shape index (κ2) is 4.97. The first-order chi connectivity index (χ1) is 9.56. The first-order valence-corrected chi connectivity index (χ1v) is 6.87. The van der Waals surface area contributed by atoms with Crippen LogP contribution in [0.25, 0.3) is 11.0 Å². The normalized spacial score (nSPS) is 12.8. The number of aliphatic hydroxyl groups excluding tert-OH is 1. The van der Waals surface area contributed by atoms with Crippen molar-refractivity contribution in [3.8, 4) is 0 Å². The highest BCUT2D eigenvalue weighted by Gasteiger charge is 2.18. The van der Waals surface area contributed by atoms with Gasteiger partial charge in [-0.3, -0.25) is 0 Å². The third-order valence-electron chi connectivity index (χ3n) is 3.56. The molecule has 2 nitrogen and oxygen atoms in total. The maximum atomic E-state index is 10.5. The number of fused-ring (bicyclic) bond motifs is 1. The Bertz CT molecular complexity index is 774. The number of aliphatic hydroxyl groups is 1. The Morgan fingerprint density at radius 3 is 2.55 bits per heavy atom. The van der Waals surface area contributed by atoms with Gasteiger partial charge in [0.1, 0.15) is 17.4 Å². The zero-order valence-corrected chi connectivity index (χ0v) is 12.1. The highest BCUT2D eigenvalue weighted by atomic mass is 35.5. The predicted molar refractivity (Wildman–Crippen MR) is 81.2 cm³/mol. The van der Waals surface area contributed by atoms with Crippen LogP contribution in [0.1, 0.15) is 28.6 Å². The Morgan fingerprint density at radius 2 is 1.85 bits per heavy atom. The van der Waals surface area contributed by atoms with Crippen LogP contribution in [0, 0.1) is 13.8 Å². The molecule has 20 heavy (non-hydrogen) atoms. The summed E-state index contributed by atoms with van der Waals surface area (Å²) in [5, 5.41) is 12.2. The molecule has 3 heteroatoms. The highest BCUT2D eigenvalue weighted by molar-refractivity contribution is 6.30. The molecule has 3 aromatic rings. The molecule has 1 unspecified atom stereocenters. The van der Waals surface area contributed by atoms with Crippen LogP contribution >= 0.6 is 11.6 Å². The van der Waals surface area contributed by atoms with E-state index in [4.69, 9.17) is 16.0 Å². The monoisotopic (exact) mass is 286 g/mol. The van der Waals surface area contributed by atoms with Crippen LogP contribution in [0.15, 0.2) is 46.9 Å². The lowest BCUT2D eigenvalue weighted by molar-refractivity contribution is 0.191. The van der Waals surface area contributed by atoms with E-state index in [0.29, 0.717) is 10.8 Å². The van der Waals surface area contributed by atoms with Gasteiger partial charge in [-0.25, -0.2) is 0 Å². The molecular weight excluding hydrogens is 272 g/mol. The van der Waals surface area contributed by atoms with Gasteiger partial charge in [-0.15, -0.1) is 0 Å². The van der Waals surface area contributed by atoms with Crippen molar-refractivity contribution in [2.75, 3.05) is 0 Å². The fourth-order valence-corrected chi connectivity index (χ4v) is 2.69. The van der Waals surface area contributed by atoms with E-state index in [1.54, 1.807) is 6.07 Å². The van der Waals surface area contributed by atoms with E-state index in [0.717, 1.165) is 27.7 Å². The first-order valence-electron chi connectivity index (χ1n) is 6.49. The molecule has 0 aliphatic carbocycles. The van der Waals surface area contributed by atoms with Crippen LogP contribution in [0.5, 0.6) is 0 Å². The van der Waals surface area contributed by atoms with Crippen molar-refractivity contribution in [1.82, 2.24) is 0 Å². The largest absolute Gasteiger partial charge is 0.458 e. The fourth-order valence-electron chi connectivity index (χ4n) is 2.46. The lowest BCUT2D eigenvalue weighted by Gasteiger charge is -2.11. The topological polar surface area (TPSA) is 33.4 Å². The van der Waals surface area contributed by atoms with Gasteiger partial charge in [0, 0.05) is 10.4 Å². The molecule has 0 bridgehead atoms. The van der Waals surface area contributed by atoms with Gasteiger partial charge in [-0.1, -0.05) is 35.9 Å². The molecule has 1 aromatic heterocycles. The van der Waals surface area contributed by atoms with Crippen LogP contribution < -0.4 is 0 Å². The van der Waals surface area contributed by atoms with Crippen LogP contribution in [0.3, 0.4) is 0 Å². The van der Waals surface area contributed by atoms with Crippen molar-refractivity contribution in [1.29, 1.82) is 0 Å². The highest BCUT2D eigenvalue weighted by Crippen LogP contribution is 2.31. The van der Waals surface area contributed by atoms with Crippen LogP contribution in [0.2, 0.25) is 5.02 Å². The number of hydrogen-bond donors (Lipinski definition) is 1. The lowest BCUT2D eigenvalue weighted by atomic mass is 10.0. The summed E-state index contributed by atoms with van der Waals surface area (Å²) in [7, 11) is 0. The number of furan rings is 1. The molecule has 0 spiro atoms. The average molecular weight is 287 g/mol. The number of benzene rings is 2. The van der Waals surface area contributed by atoms with E-state index < -0.39 is 6.10 Å². The quantitative estimate of drug-likeness (QED) is 0.735. The van der Waals surface area contributed by atoms with Crippen molar-refractivity contribution in [3.05, 3.63) is 69.9 Å². The molecule has 3 rings (SSSR count). The maximum Gasteiger partial charge on any atom is 0.138 e. The fraction of sp³-hybridized carbons (Fsp3) is 0.176. The molecule has 0 saturated heterocycles. The third kappa shape index (κ3) is 2.21. The summed E-state index contributed by atoms with van der Waals surface area (Å²) < 4.78 is 5.82. The van der Waals surface area contributed by atoms with E-state index in [1.165, 1.54) is 0 Å². The van der Waals surface area contributed by atoms with E-state index in [-0.39, 0.29) is 0 Å². The van der Waals surface area contributed by atoms with E-state index in [2.05, 4.69) is 0 Å². The van der Waals surface area contributed by atoms with Crippen LogP contribution in [-0.2, 0) is 0 Å². The molecule has 0 aliphatic rings. The molecular formula is C17H15ClO2. The minimum atomic E-state index is -0.779. The van der Waals surface area contributed by atoms with Gasteiger partial charge >= 0.3 is 0 Å². The molecule has 0 saturated carbocycles. The van der Waals surface area contributed by atoms with Crippen molar-refractivity contribution in [3.63, 3.8) is 0 Å². The zero-order valence-electron chi connectivity index (χ0n) is 11.4. The molecule has 1 heterocycles. The number of halogens is 1. The molecule has 0 aliphatic heterocycles. The van der Waals surface area contributed by atoms with Gasteiger partial charge in [0.15, 0.2) is 0 Å². The maximum absolute atomic E-state index is 10.5. The predicted octanol–water partition coefficient (Wildman–Crippen LogP) is 4.78. The molecule has 0 amide bonds. The smallest absolute Gasteiger partial charge is 0.138 e. The Morgan fingerprint density at radius 1 is 1.05 bits per heavy atom. The van der Waals surface area contributed by atoms with E-state index in [9.17, 15) is 5.11 Å². The first kappa shape index (κ1) is 13.2. The van der Waals surface area contributed by atoms with Crippen molar-refractivity contribution < 1.29 is 9.52 Å².